The fourth-order valence-electron chi connectivity index (χ4n) is 1.50. The predicted octanol–water partition coefficient (Wildman–Crippen LogP) is 4.53. The Morgan fingerprint density at radius 3 is 2.79 bits per heavy atom. The zero-order valence-electron chi connectivity index (χ0n) is 10.6. The van der Waals surface area contributed by atoms with E-state index in [1.54, 1.807) is 0 Å². The van der Waals surface area contributed by atoms with Crippen LogP contribution in [0.25, 0.3) is 0 Å². The molecule has 0 aliphatic heterocycles. The topological polar surface area (TPSA) is 47.0 Å². The number of rotatable bonds is 4. The summed E-state index contributed by atoms with van der Waals surface area (Å²) in [6.07, 6.45) is 1.48. The van der Waals surface area contributed by atoms with Gasteiger partial charge in [0.2, 0.25) is 5.88 Å². The maximum Gasteiger partial charge on any atom is 0.238 e. The van der Waals surface area contributed by atoms with Crippen LogP contribution in [-0.2, 0) is 0 Å². The minimum Gasteiger partial charge on any atom is -0.437 e. The number of benzene rings is 1. The highest BCUT2D eigenvalue weighted by molar-refractivity contribution is 9.11. The van der Waals surface area contributed by atoms with Crippen molar-refractivity contribution < 1.29 is 4.74 Å². The summed E-state index contributed by atoms with van der Waals surface area (Å²) in [6.45, 7) is 4.78. The zero-order valence-corrected chi connectivity index (χ0v) is 13.7. The molecule has 0 saturated carbocycles. The molecule has 6 heteroatoms. The molecule has 0 bridgehead atoms. The first kappa shape index (κ1) is 14.3. The third kappa shape index (κ3) is 3.45. The molecular formula is C13H13Br2N3O. The molecule has 1 aromatic heterocycles. The van der Waals surface area contributed by atoms with E-state index >= 15 is 0 Å². The normalized spacial score (nSPS) is 10.3. The van der Waals surface area contributed by atoms with Crippen LogP contribution in [0.15, 0.2) is 33.5 Å². The van der Waals surface area contributed by atoms with E-state index in [0.29, 0.717) is 5.88 Å². The highest BCUT2D eigenvalue weighted by Crippen LogP contribution is 2.34. The average Bonchev–Trinajstić information content (AvgIpc) is 2.39. The second-order valence-corrected chi connectivity index (χ2v) is 5.59. The molecule has 0 amide bonds. The quantitative estimate of drug-likeness (QED) is 0.838. The van der Waals surface area contributed by atoms with Crippen molar-refractivity contribution >= 4 is 37.7 Å². The summed E-state index contributed by atoms with van der Waals surface area (Å²) in [5.41, 5.74) is 1.04. The van der Waals surface area contributed by atoms with Gasteiger partial charge in [0, 0.05) is 11.0 Å². The molecule has 0 atom stereocenters. The smallest absolute Gasteiger partial charge is 0.238 e. The number of hydrogen-bond acceptors (Lipinski definition) is 4. The number of aromatic nitrogens is 2. The molecular weight excluding hydrogens is 374 g/mol. The van der Waals surface area contributed by atoms with Crippen LogP contribution in [0.5, 0.6) is 11.6 Å². The lowest BCUT2D eigenvalue weighted by Gasteiger charge is -2.11. The van der Waals surface area contributed by atoms with E-state index in [0.717, 1.165) is 32.6 Å². The number of aryl methyl sites for hydroxylation is 1. The predicted molar refractivity (Wildman–Crippen MR) is 82.8 cm³/mol. The van der Waals surface area contributed by atoms with Gasteiger partial charge in [-0.3, -0.25) is 0 Å². The van der Waals surface area contributed by atoms with Gasteiger partial charge >= 0.3 is 0 Å². The Hall–Kier alpha value is -1.14. The van der Waals surface area contributed by atoms with E-state index in [1.165, 1.54) is 6.33 Å². The molecule has 0 aliphatic carbocycles. The zero-order chi connectivity index (χ0) is 13.8. The van der Waals surface area contributed by atoms with Crippen LogP contribution >= 0.6 is 31.9 Å². The molecule has 1 heterocycles. The first-order valence-corrected chi connectivity index (χ1v) is 7.38. The largest absolute Gasteiger partial charge is 0.437 e. The molecule has 2 aromatic rings. The molecule has 0 unspecified atom stereocenters. The van der Waals surface area contributed by atoms with Crippen molar-refractivity contribution in [3.05, 3.63) is 39.0 Å². The van der Waals surface area contributed by atoms with Gasteiger partial charge < -0.3 is 10.1 Å². The van der Waals surface area contributed by atoms with Crippen molar-refractivity contribution in [1.82, 2.24) is 9.97 Å². The first-order chi connectivity index (χ1) is 9.11. The number of nitrogens with zero attached hydrogens (tertiary/aromatic N) is 2. The van der Waals surface area contributed by atoms with Crippen molar-refractivity contribution in [3.8, 4) is 11.6 Å². The summed E-state index contributed by atoms with van der Waals surface area (Å²) in [7, 11) is 0. The Morgan fingerprint density at radius 1 is 1.26 bits per heavy atom. The molecule has 19 heavy (non-hydrogen) atoms. The van der Waals surface area contributed by atoms with Gasteiger partial charge in [-0.25, -0.2) is 9.97 Å². The molecule has 4 nitrogen and oxygen atoms in total. The molecule has 0 aliphatic rings. The lowest BCUT2D eigenvalue weighted by Crippen LogP contribution is -2.02. The van der Waals surface area contributed by atoms with E-state index in [9.17, 15) is 0 Å². The highest BCUT2D eigenvalue weighted by atomic mass is 79.9. The van der Waals surface area contributed by atoms with Gasteiger partial charge in [-0.2, -0.15) is 0 Å². The molecule has 1 N–H and O–H groups in total. The summed E-state index contributed by atoms with van der Waals surface area (Å²) in [5.74, 6) is 1.98. The average molecular weight is 387 g/mol. The van der Waals surface area contributed by atoms with Crippen LogP contribution in [0.2, 0.25) is 0 Å². The maximum absolute atomic E-state index is 5.84. The molecule has 0 saturated heterocycles. The van der Waals surface area contributed by atoms with Crippen LogP contribution in [-0.4, -0.2) is 16.5 Å². The second-order valence-electron chi connectivity index (χ2n) is 3.88. The molecule has 0 spiro atoms. The van der Waals surface area contributed by atoms with Gasteiger partial charge in [0.25, 0.3) is 0 Å². The number of anilines is 1. The third-order valence-electron chi connectivity index (χ3n) is 2.46. The van der Waals surface area contributed by atoms with Crippen LogP contribution < -0.4 is 10.1 Å². The molecule has 100 valence electrons. The Balaban J connectivity index is 2.33. The van der Waals surface area contributed by atoms with Gasteiger partial charge in [-0.1, -0.05) is 22.0 Å². The van der Waals surface area contributed by atoms with Crippen molar-refractivity contribution in [1.29, 1.82) is 0 Å². The van der Waals surface area contributed by atoms with Crippen LogP contribution in [0.1, 0.15) is 12.5 Å². The van der Waals surface area contributed by atoms with E-state index in [2.05, 4.69) is 47.1 Å². The van der Waals surface area contributed by atoms with Crippen molar-refractivity contribution in [2.75, 3.05) is 11.9 Å². The fourth-order valence-corrected chi connectivity index (χ4v) is 2.27. The molecule has 2 rings (SSSR count). The van der Waals surface area contributed by atoms with Crippen LogP contribution in [0, 0.1) is 6.92 Å². The van der Waals surface area contributed by atoms with E-state index in [-0.39, 0.29) is 0 Å². The Labute approximate surface area is 128 Å². The van der Waals surface area contributed by atoms with Crippen molar-refractivity contribution in [3.63, 3.8) is 0 Å². The summed E-state index contributed by atoms with van der Waals surface area (Å²) < 4.78 is 7.52. The summed E-state index contributed by atoms with van der Waals surface area (Å²) in [4.78, 5) is 8.30. The fraction of sp³-hybridized carbons (Fsp3) is 0.231. The lowest BCUT2D eigenvalue weighted by molar-refractivity contribution is 0.455. The molecule has 1 aromatic carbocycles. The molecule has 0 fully saturated rings. The summed E-state index contributed by atoms with van der Waals surface area (Å²) >= 11 is 6.89. The number of ether oxygens (including phenoxy) is 1. The number of nitrogens with one attached hydrogen (secondary N) is 1. The van der Waals surface area contributed by atoms with Gasteiger partial charge in [0.15, 0.2) is 0 Å². The molecule has 0 radical (unpaired) electrons. The summed E-state index contributed by atoms with van der Waals surface area (Å²) in [5, 5.41) is 3.14. The van der Waals surface area contributed by atoms with Crippen molar-refractivity contribution in [2.24, 2.45) is 0 Å². The standard InChI is InChI=1S/C13H13Br2N3O/c1-3-16-12-11(15)13(18-7-17-12)19-10-6-9(14)5-4-8(10)2/h4-7H,3H2,1-2H3,(H,16,17,18). The van der Waals surface area contributed by atoms with E-state index in [4.69, 9.17) is 4.74 Å². The highest BCUT2D eigenvalue weighted by Gasteiger charge is 2.11. The monoisotopic (exact) mass is 385 g/mol. The van der Waals surface area contributed by atoms with Crippen molar-refractivity contribution in [2.45, 2.75) is 13.8 Å². The van der Waals surface area contributed by atoms with E-state index < -0.39 is 0 Å². The summed E-state index contributed by atoms with van der Waals surface area (Å²) in [6, 6.07) is 5.87. The Bertz CT molecular complexity index is 590. The van der Waals surface area contributed by atoms with E-state index in [1.807, 2.05) is 32.0 Å². The van der Waals surface area contributed by atoms with Gasteiger partial charge in [-0.05, 0) is 47.5 Å². The minimum atomic E-state index is 0.493. The van der Waals surface area contributed by atoms with Gasteiger partial charge in [0.05, 0.1) is 0 Å². The first-order valence-electron chi connectivity index (χ1n) is 5.80. The lowest BCUT2D eigenvalue weighted by atomic mass is 10.2. The maximum atomic E-state index is 5.84. The Morgan fingerprint density at radius 2 is 2.05 bits per heavy atom. The van der Waals surface area contributed by atoms with Crippen LogP contribution in [0.3, 0.4) is 0 Å². The number of halogens is 2. The second kappa shape index (κ2) is 6.34. The van der Waals surface area contributed by atoms with Gasteiger partial charge in [0.1, 0.15) is 22.4 Å². The van der Waals surface area contributed by atoms with Crippen LogP contribution in [0.4, 0.5) is 5.82 Å². The third-order valence-corrected chi connectivity index (χ3v) is 3.67. The Kier molecular flexibility index (Phi) is 4.76. The number of hydrogen-bond donors (Lipinski definition) is 1. The SMILES string of the molecule is CCNc1ncnc(Oc2cc(Br)ccc2C)c1Br. The van der Waals surface area contributed by atoms with Gasteiger partial charge in [-0.15, -0.1) is 0 Å². The minimum absolute atomic E-state index is 0.493.